The van der Waals surface area contributed by atoms with Crippen LogP contribution in [0.4, 0.5) is 0 Å². The van der Waals surface area contributed by atoms with E-state index in [0.29, 0.717) is 0 Å². The van der Waals surface area contributed by atoms with E-state index in [2.05, 4.69) is 0 Å². The zero-order chi connectivity index (χ0) is 5.98. The summed E-state index contributed by atoms with van der Waals surface area (Å²) < 4.78 is 0. The van der Waals surface area contributed by atoms with Crippen LogP contribution in [-0.4, -0.2) is 12.1 Å². The van der Waals surface area contributed by atoms with Crippen LogP contribution < -0.4 is 11.5 Å². The van der Waals surface area contributed by atoms with Gasteiger partial charge in [-0.15, -0.1) is 0 Å². The van der Waals surface area contributed by atoms with Gasteiger partial charge in [0, 0.05) is 12.1 Å². The standard InChI is InChI=1S/C6H14N2.2H2O.Pt/c7-5-3-1-2-4-6(5)8;;;/h5-6H,1-4,7-8H2;2*1H2;/q;;;+2/p+2/t5-,6?;;;/m1.../s1. The molecule has 1 aliphatic rings. The second-order valence-corrected chi connectivity index (χ2v) is 2.61. The van der Waals surface area contributed by atoms with Gasteiger partial charge in [-0.25, -0.2) is 0 Å². The summed E-state index contributed by atoms with van der Waals surface area (Å²) in [6.07, 6.45) is 4.80. The van der Waals surface area contributed by atoms with Gasteiger partial charge >= 0.3 is 21.1 Å². The molecular formula is C6H20N2O2Pt+4. The van der Waals surface area contributed by atoms with E-state index in [1.165, 1.54) is 12.8 Å². The molecule has 4 nitrogen and oxygen atoms in total. The quantitative estimate of drug-likeness (QED) is 0.512. The Bertz CT molecular complexity index is 75.0. The first kappa shape index (κ1) is 17.6. The van der Waals surface area contributed by atoms with Gasteiger partial charge in [-0.05, 0) is 12.8 Å². The normalized spacial score (nSPS) is 28.9. The molecule has 1 fully saturated rings. The van der Waals surface area contributed by atoms with Gasteiger partial charge < -0.3 is 22.4 Å². The molecule has 0 bridgehead atoms. The van der Waals surface area contributed by atoms with Gasteiger partial charge in [-0.2, -0.15) is 0 Å². The van der Waals surface area contributed by atoms with Crippen molar-refractivity contribution in [2.75, 3.05) is 0 Å². The summed E-state index contributed by atoms with van der Waals surface area (Å²) in [6.45, 7) is 0. The molecule has 1 unspecified atom stereocenters. The van der Waals surface area contributed by atoms with Crippen molar-refractivity contribution in [1.82, 2.24) is 0 Å². The van der Waals surface area contributed by atoms with Crippen molar-refractivity contribution in [2.24, 2.45) is 11.5 Å². The van der Waals surface area contributed by atoms with Crippen molar-refractivity contribution in [3.05, 3.63) is 0 Å². The first-order chi connectivity index (χ1) is 3.80. The summed E-state index contributed by atoms with van der Waals surface area (Å²) >= 11 is 0. The predicted molar refractivity (Wildman–Crippen MR) is 44.2 cm³/mol. The minimum atomic E-state index is 0. The molecule has 1 saturated carbocycles. The van der Waals surface area contributed by atoms with Gasteiger partial charge in [-0.1, -0.05) is 12.8 Å². The van der Waals surface area contributed by atoms with E-state index in [0.717, 1.165) is 12.8 Å². The third-order valence-corrected chi connectivity index (χ3v) is 1.87. The van der Waals surface area contributed by atoms with Gasteiger partial charge in [-0.3, -0.25) is 0 Å². The molecular weight excluding hydrogens is 327 g/mol. The first-order valence-corrected chi connectivity index (χ1v) is 3.32. The largest absolute Gasteiger partial charge is 2.00 e. The van der Waals surface area contributed by atoms with E-state index in [-0.39, 0.29) is 44.1 Å². The third kappa shape index (κ3) is 5.76. The Hall–Kier alpha value is 0.528. The molecule has 0 amide bonds. The second kappa shape index (κ2) is 8.62. The fourth-order valence-corrected chi connectivity index (χ4v) is 1.19. The van der Waals surface area contributed by atoms with Crippen LogP contribution in [0.5, 0.6) is 0 Å². The van der Waals surface area contributed by atoms with Crippen molar-refractivity contribution in [1.29, 1.82) is 0 Å². The average Bonchev–Trinajstić information content (AvgIpc) is 1.77. The van der Waals surface area contributed by atoms with Crippen LogP contribution in [0.25, 0.3) is 0 Å². The van der Waals surface area contributed by atoms with E-state index in [1.54, 1.807) is 0 Å². The third-order valence-electron chi connectivity index (χ3n) is 1.87. The van der Waals surface area contributed by atoms with Crippen molar-refractivity contribution in [3.8, 4) is 0 Å². The van der Waals surface area contributed by atoms with Crippen molar-refractivity contribution in [2.45, 2.75) is 37.8 Å². The van der Waals surface area contributed by atoms with Crippen LogP contribution in [0.2, 0.25) is 0 Å². The van der Waals surface area contributed by atoms with Crippen LogP contribution in [-0.2, 0) is 32.0 Å². The molecule has 0 aromatic heterocycles. The van der Waals surface area contributed by atoms with Crippen LogP contribution in [0, 0.1) is 0 Å². The van der Waals surface area contributed by atoms with Crippen molar-refractivity contribution < 1.29 is 32.0 Å². The molecule has 0 heterocycles. The molecule has 0 aliphatic heterocycles. The van der Waals surface area contributed by atoms with Gasteiger partial charge in [0.25, 0.3) is 0 Å². The van der Waals surface area contributed by atoms with E-state index in [4.69, 9.17) is 11.5 Å². The summed E-state index contributed by atoms with van der Waals surface area (Å²) in [5, 5.41) is 0. The van der Waals surface area contributed by atoms with Crippen LogP contribution >= 0.6 is 0 Å². The monoisotopic (exact) mass is 347 g/mol. The first-order valence-electron chi connectivity index (χ1n) is 3.32. The molecule has 0 spiro atoms. The number of hydrogen-bond donors (Lipinski definition) is 2. The zero-order valence-electron chi connectivity index (χ0n) is 6.61. The molecule has 2 atom stereocenters. The summed E-state index contributed by atoms with van der Waals surface area (Å²) in [5.41, 5.74) is 11.3. The van der Waals surface area contributed by atoms with Crippen molar-refractivity contribution >= 4 is 0 Å². The summed E-state index contributed by atoms with van der Waals surface area (Å²) in [7, 11) is 0. The molecule has 1 rings (SSSR count). The maximum absolute atomic E-state index is 5.65. The van der Waals surface area contributed by atoms with E-state index < -0.39 is 0 Å². The number of hydrogen-bond acceptors (Lipinski definition) is 2. The van der Waals surface area contributed by atoms with E-state index in [9.17, 15) is 0 Å². The SMILES string of the molecule is NC1CCCC[C@H]1N.[OH3+].[OH3+].[Pt+2]. The Morgan fingerprint density at radius 1 is 0.818 bits per heavy atom. The van der Waals surface area contributed by atoms with Crippen LogP contribution in [0.3, 0.4) is 0 Å². The van der Waals surface area contributed by atoms with E-state index in [1.807, 2.05) is 0 Å². The zero-order valence-corrected chi connectivity index (χ0v) is 8.88. The molecule has 11 heavy (non-hydrogen) atoms. The van der Waals surface area contributed by atoms with Gasteiger partial charge in [0.1, 0.15) is 0 Å². The van der Waals surface area contributed by atoms with Gasteiger partial charge in [0.15, 0.2) is 0 Å². The summed E-state index contributed by atoms with van der Waals surface area (Å²) in [5.74, 6) is 0. The molecule has 0 saturated heterocycles. The maximum Gasteiger partial charge on any atom is 2.00 e. The Labute approximate surface area is 81.6 Å². The maximum atomic E-state index is 5.65. The minimum Gasteiger partial charge on any atom is -0.457 e. The molecule has 72 valence electrons. The topological polar surface area (TPSA) is 118 Å². The molecule has 0 radical (unpaired) electrons. The molecule has 0 aromatic carbocycles. The number of nitrogens with two attached hydrogens (primary N) is 2. The summed E-state index contributed by atoms with van der Waals surface area (Å²) in [4.78, 5) is 0. The second-order valence-electron chi connectivity index (χ2n) is 2.61. The average molecular weight is 347 g/mol. The fraction of sp³-hybridized carbons (Fsp3) is 1.00. The molecule has 5 heteroatoms. The van der Waals surface area contributed by atoms with Gasteiger partial charge in [0.2, 0.25) is 0 Å². The molecule has 10 N–H and O–H groups in total. The molecule has 0 aromatic rings. The Balaban J connectivity index is -0.000000213. The minimum absolute atomic E-state index is 0. The van der Waals surface area contributed by atoms with Crippen molar-refractivity contribution in [3.63, 3.8) is 0 Å². The predicted octanol–water partition coefficient (Wildman–Crippen LogP) is -1.63. The van der Waals surface area contributed by atoms with Crippen LogP contribution in [0.1, 0.15) is 25.7 Å². The Morgan fingerprint density at radius 3 is 1.27 bits per heavy atom. The summed E-state index contributed by atoms with van der Waals surface area (Å²) in [6, 6.07) is 0.562. The van der Waals surface area contributed by atoms with Gasteiger partial charge in [0.05, 0.1) is 0 Å². The van der Waals surface area contributed by atoms with E-state index >= 15 is 0 Å². The van der Waals surface area contributed by atoms with Crippen LogP contribution in [0.15, 0.2) is 0 Å². The molecule has 1 aliphatic carbocycles. The Morgan fingerprint density at radius 2 is 1.09 bits per heavy atom. The fourth-order valence-electron chi connectivity index (χ4n) is 1.19. The Kier molecular flexibility index (Phi) is 13.8. The number of rotatable bonds is 0. The smallest absolute Gasteiger partial charge is 0.457 e.